The Morgan fingerprint density at radius 3 is 1.26 bits per heavy atom. The van der Waals surface area contributed by atoms with Gasteiger partial charge in [-0.1, -0.05) is 0 Å². The molecule has 3 aliphatic rings. The van der Waals surface area contributed by atoms with Gasteiger partial charge in [-0.15, -0.1) is 0 Å². The summed E-state index contributed by atoms with van der Waals surface area (Å²) in [4.78, 5) is 40.1. The molecule has 5 nitrogen and oxygen atoms in total. The van der Waals surface area contributed by atoms with Gasteiger partial charge in [-0.25, -0.2) is 22.4 Å². The van der Waals surface area contributed by atoms with E-state index >= 15 is 0 Å². The summed E-state index contributed by atoms with van der Waals surface area (Å²) in [6, 6.07) is 5.96. The normalized spacial score (nSPS) is 20.4. The number of urea groups is 1. The second-order valence-corrected chi connectivity index (χ2v) is 9.93. The molecule has 0 bridgehead atoms. The van der Waals surface area contributed by atoms with Gasteiger partial charge in [-0.2, -0.15) is 0 Å². The first-order valence-corrected chi connectivity index (χ1v) is 11.7. The Kier molecular flexibility index (Phi) is 5.68. The van der Waals surface area contributed by atoms with Gasteiger partial charge in [0.05, 0.1) is 0 Å². The Morgan fingerprint density at radius 2 is 0.943 bits per heavy atom. The first-order valence-electron chi connectivity index (χ1n) is 11.7. The highest BCUT2D eigenvalue weighted by atomic mass is 19.1. The third kappa shape index (κ3) is 4.56. The van der Waals surface area contributed by atoms with Crippen molar-refractivity contribution >= 4 is 17.8 Å². The molecule has 1 aliphatic heterocycles. The smallest absolute Gasteiger partial charge is 0.274 e. The molecule has 1 saturated heterocycles. The molecule has 2 saturated carbocycles. The van der Waals surface area contributed by atoms with Crippen molar-refractivity contribution in [1.29, 1.82) is 0 Å². The number of benzene rings is 2. The van der Waals surface area contributed by atoms with Crippen molar-refractivity contribution in [2.75, 3.05) is 13.1 Å². The van der Waals surface area contributed by atoms with Crippen LogP contribution in [-0.2, 0) is 20.4 Å². The number of barbiturate groups is 1. The topological polar surface area (TPSA) is 57.7 Å². The Hall–Kier alpha value is -3.23. The number of carbonyl (C=O) groups is 3. The molecule has 4 amide bonds. The van der Waals surface area contributed by atoms with Crippen LogP contribution >= 0.6 is 0 Å². The monoisotopic (exact) mass is 488 g/mol. The maximum Gasteiger partial charge on any atom is 0.333 e. The second kappa shape index (κ2) is 8.46. The summed E-state index contributed by atoms with van der Waals surface area (Å²) in [5, 5.41) is 0. The highest BCUT2D eigenvalue weighted by Crippen LogP contribution is 2.52. The summed E-state index contributed by atoms with van der Waals surface area (Å²) in [7, 11) is 0. The van der Waals surface area contributed by atoms with Crippen molar-refractivity contribution < 1.29 is 31.9 Å². The molecule has 5 rings (SSSR count). The van der Waals surface area contributed by atoms with Crippen LogP contribution in [0.25, 0.3) is 0 Å². The molecular weight excluding hydrogens is 464 g/mol. The first-order chi connectivity index (χ1) is 16.6. The molecule has 0 spiro atoms. The molecule has 9 heteroatoms. The molecule has 0 radical (unpaired) electrons. The van der Waals surface area contributed by atoms with Crippen LogP contribution in [0.1, 0.15) is 56.1 Å². The molecule has 3 fully saturated rings. The van der Waals surface area contributed by atoms with Gasteiger partial charge in [0.2, 0.25) is 11.8 Å². The number of imide groups is 2. The van der Waals surface area contributed by atoms with Crippen molar-refractivity contribution in [3.8, 4) is 0 Å². The minimum Gasteiger partial charge on any atom is -0.274 e. The number of carbonyl (C=O) groups excluding carboxylic acids is 3. The number of hydrogen-bond donors (Lipinski definition) is 0. The van der Waals surface area contributed by atoms with Crippen LogP contribution in [0.3, 0.4) is 0 Å². The molecule has 35 heavy (non-hydrogen) atoms. The van der Waals surface area contributed by atoms with Crippen molar-refractivity contribution in [3.05, 3.63) is 70.8 Å². The highest BCUT2D eigenvalue weighted by molar-refractivity contribution is 6.14. The van der Waals surface area contributed by atoms with E-state index in [4.69, 9.17) is 0 Å². The van der Waals surface area contributed by atoms with E-state index in [0.29, 0.717) is 49.7 Å². The van der Waals surface area contributed by atoms with E-state index in [1.807, 2.05) is 0 Å². The maximum absolute atomic E-state index is 13.7. The van der Waals surface area contributed by atoms with Crippen LogP contribution in [0.4, 0.5) is 22.4 Å². The van der Waals surface area contributed by atoms with E-state index in [1.165, 1.54) is 24.3 Å². The third-order valence-electron chi connectivity index (χ3n) is 7.65. The summed E-state index contributed by atoms with van der Waals surface area (Å²) >= 11 is 0. The van der Waals surface area contributed by atoms with Crippen LogP contribution in [0.5, 0.6) is 0 Å². The Morgan fingerprint density at radius 1 is 0.600 bits per heavy atom. The van der Waals surface area contributed by atoms with Gasteiger partial charge in [-0.05, 0) is 84.7 Å². The van der Waals surface area contributed by atoms with Crippen LogP contribution in [0.2, 0.25) is 0 Å². The van der Waals surface area contributed by atoms with E-state index in [2.05, 4.69) is 0 Å². The highest BCUT2D eigenvalue weighted by Gasteiger charge is 2.48. The van der Waals surface area contributed by atoms with Crippen LogP contribution in [0.15, 0.2) is 36.4 Å². The summed E-state index contributed by atoms with van der Waals surface area (Å²) in [5.41, 5.74) is -0.0133. The molecule has 2 aliphatic carbocycles. The summed E-state index contributed by atoms with van der Waals surface area (Å²) in [6.07, 6.45) is 2.95. The molecule has 0 atom stereocenters. The fourth-order valence-electron chi connectivity index (χ4n) is 5.16. The van der Waals surface area contributed by atoms with Crippen LogP contribution < -0.4 is 0 Å². The van der Waals surface area contributed by atoms with Gasteiger partial charge in [0.15, 0.2) is 0 Å². The second-order valence-electron chi connectivity index (χ2n) is 9.93. The van der Waals surface area contributed by atoms with E-state index in [0.717, 1.165) is 21.9 Å². The van der Waals surface area contributed by atoms with Gasteiger partial charge in [0.1, 0.15) is 29.7 Å². The van der Waals surface area contributed by atoms with Gasteiger partial charge in [0.25, 0.3) is 0 Å². The number of nitrogens with zero attached hydrogens (tertiary/aromatic N) is 2. The van der Waals surface area contributed by atoms with Crippen molar-refractivity contribution in [1.82, 2.24) is 9.80 Å². The van der Waals surface area contributed by atoms with Gasteiger partial charge >= 0.3 is 6.03 Å². The van der Waals surface area contributed by atoms with E-state index in [-0.39, 0.29) is 13.1 Å². The Bertz CT molecular complexity index is 1090. The standard InChI is InChI=1S/C26H24F4N2O3/c27-18-9-16(10-19(28)13-18)25(1-2-25)5-7-31-22(33)15-23(34)32(24(31)35)8-6-26(3-4-26)17-11-20(29)14-21(30)12-17/h9-14H,1-8,15H2. The number of rotatable bonds is 8. The van der Waals surface area contributed by atoms with E-state index in [1.54, 1.807) is 0 Å². The van der Waals surface area contributed by atoms with Gasteiger partial charge in [0, 0.05) is 25.2 Å². The maximum atomic E-state index is 13.7. The largest absolute Gasteiger partial charge is 0.333 e. The minimum atomic E-state index is -0.728. The molecule has 2 aromatic carbocycles. The van der Waals surface area contributed by atoms with Gasteiger partial charge < -0.3 is 0 Å². The van der Waals surface area contributed by atoms with Crippen LogP contribution in [-0.4, -0.2) is 40.7 Å². The molecule has 184 valence electrons. The summed E-state index contributed by atoms with van der Waals surface area (Å²) in [6.45, 7) is 0.0552. The lowest BCUT2D eigenvalue weighted by molar-refractivity contribution is -0.142. The zero-order valence-electron chi connectivity index (χ0n) is 19.0. The average Bonchev–Trinajstić information content (AvgIpc) is 3.68. The fraction of sp³-hybridized carbons (Fsp3) is 0.423. The number of hydrogen-bond acceptors (Lipinski definition) is 3. The molecule has 0 aromatic heterocycles. The molecular formula is C26H24F4N2O3. The lowest BCUT2D eigenvalue weighted by Gasteiger charge is -2.34. The zero-order chi connectivity index (χ0) is 25.0. The molecule has 1 heterocycles. The summed E-state index contributed by atoms with van der Waals surface area (Å²) < 4.78 is 54.8. The average molecular weight is 488 g/mol. The van der Waals surface area contributed by atoms with Crippen LogP contribution in [0, 0.1) is 23.3 Å². The molecule has 2 aromatic rings. The van der Waals surface area contributed by atoms with E-state index < -0.39 is 58.4 Å². The minimum absolute atomic E-state index is 0.0276. The quantitative estimate of drug-likeness (QED) is 0.390. The summed E-state index contributed by atoms with van der Waals surface area (Å²) in [5.74, 6) is -3.93. The van der Waals surface area contributed by atoms with Crippen molar-refractivity contribution in [3.63, 3.8) is 0 Å². The number of amides is 4. The molecule has 0 unspecified atom stereocenters. The predicted molar refractivity (Wildman–Crippen MR) is 117 cm³/mol. The fourth-order valence-corrected chi connectivity index (χ4v) is 5.16. The lowest BCUT2D eigenvalue weighted by atomic mass is 9.91. The first kappa shape index (κ1) is 23.5. The van der Waals surface area contributed by atoms with E-state index in [9.17, 15) is 31.9 Å². The molecule has 0 N–H and O–H groups in total. The van der Waals surface area contributed by atoms with Crippen molar-refractivity contribution in [2.24, 2.45) is 0 Å². The predicted octanol–water partition coefficient (Wildman–Crippen LogP) is 4.97. The third-order valence-corrected chi connectivity index (χ3v) is 7.65. The lowest BCUT2D eigenvalue weighted by Crippen LogP contribution is -2.55. The van der Waals surface area contributed by atoms with Gasteiger partial charge in [-0.3, -0.25) is 19.4 Å². The zero-order valence-corrected chi connectivity index (χ0v) is 19.0. The SMILES string of the molecule is O=C1CC(=O)N(CCC2(c3cc(F)cc(F)c3)CC2)C(=O)N1CCC1(c2cc(F)cc(F)c2)CC1. The number of halogens is 4. The Balaban J connectivity index is 1.26. The van der Waals surface area contributed by atoms with Crippen molar-refractivity contribution in [2.45, 2.75) is 55.8 Å². The Labute approximate surface area is 199 Å².